The number of hydrogen-bond acceptors (Lipinski definition) is 7. The molecule has 6 heterocycles. The lowest BCUT2D eigenvalue weighted by Gasteiger charge is -2.11. The van der Waals surface area contributed by atoms with E-state index in [0.717, 1.165) is 27.8 Å². The SMILES string of the molecule is CC(C)Nc1cncc(-c2ncc3[nH]nc(-c4nc5c(-c6ccsc6)cncc5[nH]4)c3c2F)c1. The lowest BCUT2D eigenvalue weighted by atomic mass is 10.1. The van der Waals surface area contributed by atoms with E-state index in [2.05, 4.69) is 35.5 Å². The van der Waals surface area contributed by atoms with Gasteiger partial charge in [0.1, 0.15) is 16.9 Å². The van der Waals surface area contributed by atoms with E-state index in [-0.39, 0.29) is 11.7 Å². The average molecular weight is 471 g/mol. The number of rotatable bonds is 5. The molecule has 0 radical (unpaired) electrons. The van der Waals surface area contributed by atoms with Crippen molar-refractivity contribution in [1.82, 2.24) is 35.1 Å². The van der Waals surface area contributed by atoms with Gasteiger partial charge in [-0.3, -0.25) is 20.1 Å². The largest absolute Gasteiger partial charge is 0.382 e. The van der Waals surface area contributed by atoms with E-state index in [1.807, 2.05) is 36.7 Å². The molecule has 10 heteroatoms. The Kier molecular flexibility index (Phi) is 4.80. The van der Waals surface area contributed by atoms with Gasteiger partial charge in [-0.05, 0) is 42.3 Å². The Hall–Kier alpha value is -4.18. The second kappa shape index (κ2) is 7.99. The van der Waals surface area contributed by atoms with Crippen LogP contribution in [0.25, 0.3) is 55.8 Å². The van der Waals surface area contributed by atoms with Gasteiger partial charge in [-0.15, -0.1) is 0 Å². The van der Waals surface area contributed by atoms with Crippen molar-refractivity contribution in [3.05, 3.63) is 59.7 Å². The summed E-state index contributed by atoms with van der Waals surface area (Å²) in [7, 11) is 0. The predicted molar refractivity (Wildman–Crippen MR) is 132 cm³/mol. The number of fused-ring (bicyclic) bond motifs is 2. The fourth-order valence-corrected chi connectivity index (χ4v) is 4.66. The van der Waals surface area contributed by atoms with Gasteiger partial charge in [-0.1, -0.05) is 0 Å². The van der Waals surface area contributed by atoms with Crippen LogP contribution in [0.15, 0.2) is 53.9 Å². The van der Waals surface area contributed by atoms with E-state index >= 15 is 4.39 Å². The highest BCUT2D eigenvalue weighted by molar-refractivity contribution is 7.08. The molecule has 0 aromatic carbocycles. The molecule has 168 valence electrons. The summed E-state index contributed by atoms with van der Waals surface area (Å²) in [5, 5.41) is 14.9. The minimum Gasteiger partial charge on any atom is -0.382 e. The van der Waals surface area contributed by atoms with Crippen LogP contribution >= 0.6 is 11.3 Å². The van der Waals surface area contributed by atoms with E-state index in [4.69, 9.17) is 4.98 Å². The summed E-state index contributed by atoms with van der Waals surface area (Å²) in [6.07, 6.45) is 8.37. The zero-order valence-electron chi connectivity index (χ0n) is 18.3. The zero-order chi connectivity index (χ0) is 23.2. The van der Waals surface area contributed by atoms with Gasteiger partial charge in [0.2, 0.25) is 0 Å². The van der Waals surface area contributed by atoms with Gasteiger partial charge in [-0.2, -0.15) is 16.4 Å². The van der Waals surface area contributed by atoms with Gasteiger partial charge in [0.25, 0.3) is 0 Å². The molecule has 0 saturated heterocycles. The molecule has 0 atom stereocenters. The fourth-order valence-electron chi connectivity index (χ4n) is 4.00. The first-order valence-electron chi connectivity index (χ1n) is 10.7. The monoisotopic (exact) mass is 470 g/mol. The summed E-state index contributed by atoms with van der Waals surface area (Å²) < 4.78 is 15.9. The predicted octanol–water partition coefficient (Wildman–Crippen LogP) is 5.65. The van der Waals surface area contributed by atoms with Gasteiger partial charge in [-0.25, -0.2) is 9.37 Å². The lowest BCUT2D eigenvalue weighted by molar-refractivity contribution is 0.638. The van der Waals surface area contributed by atoms with Crippen LogP contribution in [0.1, 0.15) is 13.8 Å². The van der Waals surface area contributed by atoms with E-state index in [0.29, 0.717) is 28.0 Å². The molecular weight excluding hydrogens is 451 g/mol. The molecule has 8 nitrogen and oxygen atoms in total. The zero-order valence-corrected chi connectivity index (χ0v) is 19.1. The highest BCUT2D eigenvalue weighted by atomic mass is 32.1. The number of aromatic nitrogens is 7. The molecular formula is C24H19FN8S. The molecule has 0 unspecified atom stereocenters. The van der Waals surface area contributed by atoms with Crippen LogP contribution in [0, 0.1) is 5.82 Å². The second-order valence-corrected chi connectivity index (χ2v) is 9.00. The van der Waals surface area contributed by atoms with Crippen LogP contribution in [0.4, 0.5) is 10.1 Å². The van der Waals surface area contributed by atoms with Crippen molar-refractivity contribution >= 4 is 39.0 Å². The number of halogens is 1. The maximum Gasteiger partial charge on any atom is 0.161 e. The molecule has 0 aliphatic heterocycles. The Bertz CT molecular complexity index is 1630. The Morgan fingerprint density at radius 1 is 1.00 bits per heavy atom. The lowest BCUT2D eigenvalue weighted by Crippen LogP contribution is -2.09. The number of anilines is 1. The van der Waals surface area contributed by atoms with E-state index in [1.165, 1.54) is 0 Å². The quantitative estimate of drug-likeness (QED) is 0.301. The Morgan fingerprint density at radius 2 is 1.88 bits per heavy atom. The number of pyridine rings is 3. The standard InChI is InChI=1S/C24H19FN8S/c1-12(2)29-15-5-14(6-26-7-15)21-20(25)19-17(10-28-21)32-33-23(19)24-30-18-9-27-8-16(22(18)31-24)13-3-4-34-11-13/h3-12,29H,1-2H3,(H,30,31)(H,32,33). The van der Waals surface area contributed by atoms with Crippen molar-refractivity contribution in [2.45, 2.75) is 19.9 Å². The molecule has 0 amide bonds. The van der Waals surface area contributed by atoms with Crippen LogP contribution in [0.3, 0.4) is 0 Å². The van der Waals surface area contributed by atoms with Gasteiger partial charge >= 0.3 is 0 Å². The summed E-state index contributed by atoms with van der Waals surface area (Å²) in [5.41, 5.74) is 5.89. The normalized spacial score (nSPS) is 11.6. The van der Waals surface area contributed by atoms with Crippen LogP contribution in [-0.2, 0) is 0 Å². The number of hydrogen-bond donors (Lipinski definition) is 3. The van der Waals surface area contributed by atoms with Crippen molar-refractivity contribution in [3.8, 4) is 33.9 Å². The van der Waals surface area contributed by atoms with Gasteiger partial charge in [0, 0.05) is 35.8 Å². The Balaban J connectivity index is 1.50. The second-order valence-electron chi connectivity index (χ2n) is 8.22. The highest BCUT2D eigenvalue weighted by Gasteiger charge is 2.21. The summed E-state index contributed by atoms with van der Waals surface area (Å²) in [6, 6.07) is 4.08. The first-order chi connectivity index (χ1) is 16.6. The molecule has 0 aliphatic carbocycles. The maximum absolute atomic E-state index is 15.9. The number of imidazole rings is 1. The molecule has 34 heavy (non-hydrogen) atoms. The van der Waals surface area contributed by atoms with Crippen LogP contribution in [0.5, 0.6) is 0 Å². The van der Waals surface area contributed by atoms with E-state index in [9.17, 15) is 0 Å². The first-order valence-corrected chi connectivity index (χ1v) is 11.6. The minimum absolute atomic E-state index is 0.201. The van der Waals surface area contributed by atoms with Crippen molar-refractivity contribution in [2.24, 2.45) is 0 Å². The summed E-state index contributed by atoms with van der Waals surface area (Å²) >= 11 is 1.61. The Morgan fingerprint density at radius 3 is 2.71 bits per heavy atom. The summed E-state index contributed by atoms with van der Waals surface area (Å²) in [6.45, 7) is 4.06. The van der Waals surface area contributed by atoms with Gasteiger partial charge < -0.3 is 10.3 Å². The number of nitrogens with one attached hydrogen (secondary N) is 3. The third-order valence-electron chi connectivity index (χ3n) is 5.46. The third-order valence-corrected chi connectivity index (χ3v) is 6.15. The minimum atomic E-state index is -0.485. The molecule has 0 fully saturated rings. The summed E-state index contributed by atoms with van der Waals surface area (Å²) in [4.78, 5) is 20.9. The highest BCUT2D eigenvalue weighted by Crippen LogP contribution is 2.34. The molecule has 0 aliphatic rings. The van der Waals surface area contributed by atoms with Gasteiger partial charge in [0.15, 0.2) is 11.6 Å². The van der Waals surface area contributed by atoms with Gasteiger partial charge in [0.05, 0.1) is 34.5 Å². The van der Waals surface area contributed by atoms with Crippen LogP contribution in [0.2, 0.25) is 0 Å². The molecule has 0 saturated carbocycles. The molecule has 0 bridgehead atoms. The maximum atomic E-state index is 15.9. The molecule has 6 aromatic heterocycles. The topological polar surface area (TPSA) is 108 Å². The smallest absolute Gasteiger partial charge is 0.161 e. The molecule has 3 N–H and O–H groups in total. The van der Waals surface area contributed by atoms with Crippen LogP contribution in [-0.4, -0.2) is 41.2 Å². The van der Waals surface area contributed by atoms with Crippen molar-refractivity contribution in [1.29, 1.82) is 0 Å². The van der Waals surface area contributed by atoms with Crippen molar-refractivity contribution in [3.63, 3.8) is 0 Å². The van der Waals surface area contributed by atoms with Crippen molar-refractivity contribution < 1.29 is 4.39 Å². The van der Waals surface area contributed by atoms with Crippen molar-refractivity contribution in [2.75, 3.05) is 5.32 Å². The van der Waals surface area contributed by atoms with Crippen LogP contribution < -0.4 is 5.32 Å². The number of H-pyrrole nitrogens is 2. The molecule has 6 rings (SSSR count). The first kappa shape index (κ1) is 20.4. The fraction of sp³-hybridized carbons (Fsp3) is 0.125. The summed E-state index contributed by atoms with van der Waals surface area (Å²) in [5.74, 6) is -0.0310. The Labute approximate surface area is 197 Å². The molecule has 0 spiro atoms. The number of thiophene rings is 1. The van der Waals surface area contributed by atoms with E-state index < -0.39 is 5.82 Å². The van der Waals surface area contributed by atoms with E-state index in [1.54, 1.807) is 42.3 Å². The number of aromatic amines is 2. The molecule has 6 aromatic rings. The average Bonchev–Trinajstić information content (AvgIpc) is 3.57. The number of nitrogens with zero attached hydrogens (tertiary/aromatic N) is 5. The third kappa shape index (κ3) is 3.39.